The molecule has 1 rings (SSSR count). The second-order valence-electron chi connectivity index (χ2n) is 5.32. The number of carbonyl (C=O) groups is 2. The highest BCUT2D eigenvalue weighted by Crippen LogP contribution is 2.13. The van der Waals surface area contributed by atoms with E-state index in [2.05, 4.69) is 23.3 Å². The Morgan fingerprint density at radius 1 is 1.27 bits per heavy atom. The molecule has 0 unspecified atom stereocenters. The molecule has 0 fully saturated rings. The van der Waals surface area contributed by atoms with Crippen LogP contribution in [0.5, 0.6) is 0 Å². The van der Waals surface area contributed by atoms with Crippen LogP contribution in [0.4, 0.5) is 13.2 Å². The van der Waals surface area contributed by atoms with Crippen molar-refractivity contribution in [1.82, 2.24) is 10.6 Å². The third-order valence-corrected chi connectivity index (χ3v) is 3.61. The van der Waals surface area contributed by atoms with E-state index >= 15 is 0 Å². The average Bonchev–Trinajstić information content (AvgIpc) is 2.60. The fourth-order valence-electron chi connectivity index (χ4n) is 1.69. The van der Waals surface area contributed by atoms with Gasteiger partial charge in [-0.05, 0) is 12.0 Å². The van der Waals surface area contributed by atoms with Gasteiger partial charge in [-0.25, -0.2) is 4.79 Å². The van der Waals surface area contributed by atoms with Crippen molar-refractivity contribution in [2.45, 2.75) is 38.1 Å². The van der Waals surface area contributed by atoms with Crippen LogP contribution in [0.25, 0.3) is 0 Å². The van der Waals surface area contributed by atoms with Crippen LogP contribution in [0.2, 0.25) is 0 Å². The summed E-state index contributed by atoms with van der Waals surface area (Å²) in [5.74, 6) is -2.14. The third kappa shape index (κ3) is 11.0. The lowest BCUT2D eigenvalue weighted by atomic mass is 10.2. The van der Waals surface area contributed by atoms with E-state index in [9.17, 15) is 18.0 Å². The zero-order valence-electron chi connectivity index (χ0n) is 14.3. The third-order valence-electron chi connectivity index (χ3n) is 3.14. The number of aliphatic carboxylic acids is 1. The second kappa shape index (κ2) is 12.6. The number of benzene rings is 1. The molecule has 1 aromatic rings. The number of carboxylic acids is 1. The van der Waals surface area contributed by atoms with Crippen LogP contribution in [0.15, 0.2) is 30.3 Å². The molecule has 0 spiro atoms. The van der Waals surface area contributed by atoms with E-state index in [-0.39, 0.29) is 18.0 Å². The Morgan fingerprint density at radius 3 is 2.23 bits per heavy atom. The summed E-state index contributed by atoms with van der Waals surface area (Å²) >= 11 is 4.12. The van der Waals surface area contributed by atoms with E-state index in [1.807, 2.05) is 37.3 Å². The Morgan fingerprint density at radius 2 is 1.81 bits per heavy atom. The molecule has 0 aliphatic carbocycles. The number of halogens is 3. The van der Waals surface area contributed by atoms with Crippen molar-refractivity contribution in [1.29, 1.82) is 0 Å². The fourth-order valence-corrected chi connectivity index (χ4v) is 1.82. The number of amides is 1. The van der Waals surface area contributed by atoms with Crippen LogP contribution in [0.1, 0.15) is 18.9 Å². The van der Waals surface area contributed by atoms with Crippen molar-refractivity contribution in [3.63, 3.8) is 0 Å². The van der Waals surface area contributed by atoms with Crippen molar-refractivity contribution in [3.8, 4) is 0 Å². The first-order chi connectivity index (χ1) is 12.1. The van der Waals surface area contributed by atoms with E-state index in [0.717, 1.165) is 12.0 Å². The molecular formula is C16H24F3N3O3S. The topological polar surface area (TPSA) is 104 Å². The molecule has 0 aromatic heterocycles. The van der Waals surface area contributed by atoms with Crippen LogP contribution in [0, 0.1) is 0 Å². The maximum Gasteiger partial charge on any atom is 0.490 e. The van der Waals surface area contributed by atoms with Gasteiger partial charge in [-0.2, -0.15) is 25.8 Å². The molecule has 5 N–H and O–H groups in total. The SMILES string of the molecule is CC[C@H](NC[C@@H](N)CS)C(=O)NCc1ccccc1.O=C(O)C(F)(F)F. The number of hydrogen-bond acceptors (Lipinski definition) is 5. The highest BCUT2D eigenvalue weighted by atomic mass is 32.1. The van der Waals surface area contributed by atoms with Gasteiger partial charge in [0.15, 0.2) is 0 Å². The first-order valence-corrected chi connectivity index (χ1v) is 8.46. The molecule has 1 amide bonds. The average molecular weight is 395 g/mol. The summed E-state index contributed by atoms with van der Waals surface area (Å²) in [4.78, 5) is 20.9. The monoisotopic (exact) mass is 395 g/mol. The van der Waals surface area contributed by atoms with Crippen LogP contribution in [-0.2, 0) is 16.1 Å². The van der Waals surface area contributed by atoms with Gasteiger partial charge in [-0.15, -0.1) is 0 Å². The number of nitrogens with two attached hydrogens (primary N) is 1. The Kier molecular flexibility index (Phi) is 11.7. The lowest BCUT2D eigenvalue weighted by molar-refractivity contribution is -0.192. The molecule has 0 saturated heterocycles. The van der Waals surface area contributed by atoms with Gasteiger partial charge in [0.25, 0.3) is 0 Å². The molecule has 0 saturated carbocycles. The number of alkyl halides is 3. The lowest BCUT2D eigenvalue weighted by Crippen LogP contribution is -2.48. The number of carbonyl (C=O) groups excluding carboxylic acids is 1. The molecule has 0 radical (unpaired) electrons. The van der Waals surface area contributed by atoms with Gasteiger partial charge >= 0.3 is 12.1 Å². The van der Waals surface area contributed by atoms with E-state index in [4.69, 9.17) is 15.6 Å². The van der Waals surface area contributed by atoms with Gasteiger partial charge in [0.2, 0.25) is 5.91 Å². The Balaban J connectivity index is 0.000000758. The minimum Gasteiger partial charge on any atom is -0.475 e. The zero-order chi connectivity index (χ0) is 20.2. The molecular weight excluding hydrogens is 371 g/mol. The first kappa shape index (κ1) is 24.2. The van der Waals surface area contributed by atoms with E-state index < -0.39 is 12.1 Å². The van der Waals surface area contributed by atoms with Crippen molar-refractivity contribution in [2.24, 2.45) is 5.73 Å². The number of carboxylic acid groups (broad SMARTS) is 1. The van der Waals surface area contributed by atoms with Gasteiger partial charge in [0.05, 0.1) is 6.04 Å². The van der Waals surface area contributed by atoms with Gasteiger partial charge in [-0.1, -0.05) is 37.3 Å². The minimum atomic E-state index is -5.08. The number of rotatable bonds is 8. The Bertz CT molecular complexity index is 545. The smallest absolute Gasteiger partial charge is 0.475 e. The van der Waals surface area contributed by atoms with Crippen LogP contribution < -0.4 is 16.4 Å². The van der Waals surface area contributed by atoms with Crippen molar-refractivity contribution in [2.75, 3.05) is 12.3 Å². The quantitative estimate of drug-likeness (QED) is 0.430. The summed E-state index contributed by atoms with van der Waals surface area (Å²) in [5.41, 5.74) is 6.87. The summed E-state index contributed by atoms with van der Waals surface area (Å²) in [6, 6.07) is 9.64. The van der Waals surface area contributed by atoms with Crippen LogP contribution in [0.3, 0.4) is 0 Å². The summed E-state index contributed by atoms with van der Waals surface area (Å²) in [7, 11) is 0. The van der Waals surface area contributed by atoms with E-state index in [1.165, 1.54) is 0 Å². The van der Waals surface area contributed by atoms with Crippen molar-refractivity contribution < 1.29 is 27.9 Å². The number of nitrogens with one attached hydrogen (secondary N) is 2. The zero-order valence-corrected chi connectivity index (χ0v) is 15.2. The summed E-state index contributed by atoms with van der Waals surface area (Å²) in [6.07, 6.45) is -4.35. The largest absolute Gasteiger partial charge is 0.490 e. The van der Waals surface area contributed by atoms with Crippen molar-refractivity contribution >= 4 is 24.5 Å². The van der Waals surface area contributed by atoms with E-state index in [1.54, 1.807) is 0 Å². The maximum atomic E-state index is 12.0. The molecule has 10 heteroatoms. The normalized spacial score (nSPS) is 13.2. The predicted octanol–water partition coefficient (Wildman–Crippen LogP) is 1.56. The Labute approximate surface area is 155 Å². The van der Waals surface area contributed by atoms with Crippen LogP contribution >= 0.6 is 12.6 Å². The molecule has 0 bridgehead atoms. The van der Waals surface area contributed by atoms with Crippen LogP contribution in [-0.4, -0.2) is 47.5 Å². The second-order valence-corrected chi connectivity index (χ2v) is 5.68. The van der Waals surface area contributed by atoms with Crippen molar-refractivity contribution in [3.05, 3.63) is 35.9 Å². The number of thiol groups is 1. The van der Waals surface area contributed by atoms with Gasteiger partial charge < -0.3 is 21.5 Å². The molecule has 0 aliphatic heterocycles. The summed E-state index contributed by atoms with van der Waals surface area (Å²) in [5, 5.41) is 13.2. The first-order valence-electron chi connectivity index (χ1n) is 7.83. The Hall–Kier alpha value is -1.78. The lowest BCUT2D eigenvalue weighted by Gasteiger charge is -2.18. The standard InChI is InChI=1S/C14H23N3OS.C2HF3O2/c1-2-13(16-9-12(15)10-19)14(18)17-8-11-6-4-3-5-7-11;3-2(4,5)1(6)7/h3-7,12-13,16,19H,2,8-10,15H2,1H3,(H,17,18);(H,6,7)/t12-,13+;/m1./s1. The highest BCUT2D eigenvalue weighted by Gasteiger charge is 2.38. The predicted molar refractivity (Wildman–Crippen MR) is 95.9 cm³/mol. The van der Waals surface area contributed by atoms with Gasteiger partial charge in [-0.3, -0.25) is 4.79 Å². The fraction of sp³-hybridized carbons (Fsp3) is 0.500. The molecule has 1 aromatic carbocycles. The maximum absolute atomic E-state index is 12.0. The molecule has 26 heavy (non-hydrogen) atoms. The summed E-state index contributed by atoms with van der Waals surface area (Å²) < 4.78 is 31.7. The summed E-state index contributed by atoms with van der Waals surface area (Å²) in [6.45, 7) is 3.13. The molecule has 148 valence electrons. The van der Waals surface area contributed by atoms with E-state index in [0.29, 0.717) is 18.8 Å². The van der Waals surface area contributed by atoms with Gasteiger partial charge in [0.1, 0.15) is 0 Å². The molecule has 2 atom stereocenters. The number of hydrogen-bond donors (Lipinski definition) is 5. The molecule has 6 nitrogen and oxygen atoms in total. The molecule has 0 aliphatic rings. The van der Waals surface area contributed by atoms with Gasteiger partial charge in [0, 0.05) is 24.9 Å². The molecule has 0 heterocycles. The highest BCUT2D eigenvalue weighted by molar-refractivity contribution is 7.80. The minimum absolute atomic E-state index is 0.0118.